The van der Waals surface area contributed by atoms with E-state index in [1.807, 2.05) is 35.2 Å². The maximum atomic E-state index is 12.3. The lowest BCUT2D eigenvalue weighted by Crippen LogP contribution is -2.55. The summed E-state index contributed by atoms with van der Waals surface area (Å²) in [6, 6.07) is 9.57. The Bertz CT molecular complexity index is 420. The molecule has 0 unspecified atom stereocenters. The van der Waals surface area contributed by atoms with Crippen molar-refractivity contribution in [2.24, 2.45) is 0 Å². The number of nitrogens with zero attached hydrogens (tertiary/aromatic N) is 2. The molecule has 0 spiro atoms. The molecule has 0 N–H and O–H groups in total. The van der Waals surface area contributed by atoms with Gasteiger partial charge in [0.15, 0.2) is 0 Å². The van der Waals surface area contributed by atoms with Crippen LogP contribution in [0.4, 0.5) is 0 Å². The van der Waals surface area contributed by atoms with Gasteiger partial charge >= 0.3 is 0 Å². The number of hydrogen-bond donors (Lipinski definition) is 0. The van der Waals surface area contributed by atoms with Crippen LogP contribution < -0.4 is 0 Å². The van der Waals surface area contributed by atoms with E-state index in [1.54, 1.807) is 0 Å². The molecule has 1 aromatic rings. The highest BCUT2D eigenvalue weighted by molar-refractivity contribution is 5.94. The average Bonchev–Trinajstić information content (AvgIpc) is 2.47. The topological polar surface area (TPSA) is 23.6 Å². The number of hydrogen-bond acceptors (Lipinski definition) is 2. The van der Waals surface area contributed by atoms with Crippen LogP contribution in [0.5, 0.6) is 0 Å². The van der Waals surface area contributed by atoms with Gasteiger partial charge in [-0.05, 0) is 32.4 Å². The Morgan fingerprint density at radius 3 is 2.21 bits per heavy atom. The molecule has 104 valence electrons. The summed E-state index contributed by atoms with van der Waals surface area (Å²) in [5.41, 5.74) is 1.03. The number of rotatable bonds is 3. The lowest BCUT2D eigenvalue weighted by atomic mass is 9.98. The predicted molar refractivity (Wildman–Crippen MR) is 78.3 cm³/mol. The first kappa shape index (κ1) is 14.1. The zero-order valence-corrected chi connectivity index (χ0v) is 12.2. The third kappa shape index (κ3) is 3.16. The lowest BCUT2D eigenvalue weighted by Gasteiger charge is -2.43. The minimum Gasteiger partial charge on any atom is -0.336 e. The smallest absolute Gasteiger partial charge is 0.253 e. The van der Waals surface area contributed by atoms with Crippen molar-refractivity contribution in [1.82, 2.24) is 9.80 Å². The van der Waals surface area contributed by atoms with Gasteiger partial charge in [-0.1, -0.05) is 25.1 Å². The first-order valence-electron chi connectivity index (χ1n) is 7.14. The fourth-order valence-corrected chi connectivity index (χ4v) is 2.50. The Balaban J connectivity index is 1.95. The first-order valence-corrected chi connectivity index (χ1v) is 7.14. The van der Waals surface area contributed by atoms with E-state index in [0.29, 0.717) is 0 Å². The molecule has 1 saturated heterocycles. The van der Waals surface area contributed by atoms with Crippen LogP contribution in [0.2, 0.25) is 0 Å². The van der Waals surface area contributed by atoms with Crippen LogP contribution in [0.25, 0.3) is 0 Å². The van der Waals surface area contributed by atoms with Gasteiger partial charge in [-0.3, -0.25) is 9.69 Å². The van der Waals surface area contributed by atoms with Gasteiger partial charge in [0.1, 0.15) is 0 Å². The summed E-state index contributed by atoms with van der Waals surface area (Å²) in [5, 5.41) is 0. The van der Waals surface area contributed by atoms with E-state index in [1.165, 1.54) is 0 Å². The minimum atomic E-state index is 0.162. The highest BCUT2D eigenvalue weighted by atomic mass is 16.2. The van der Waals surface area contributed by atoms with Crippen molar-refractivity contribution in [2.45, 2.75) is 32.7 Å². The molecule has 1 heterocycles. The quantitative estimate of drug-likeness (QED) is 0.834. The van der Waals surface area contributed by atoms with Gasteiger partial charge in [-0.15, -0.1) is 0 Å². The molecule has 0 atom stereocenters. The van der Waals surface area contributed by atoms with Crippen LogP contribution in [0, 0.1) is 0 Å². The molecular formula is C16H24N2O. The minimum absolute atomic E-state index is 0.162. The van der Waals surface area contributed by atoms with E-state index in [-0.39, 0.29) is 11.4 Å². The standard InChI is InChI=1S/C16H24N2O/c1-4-16(2,3)18-12-10-17(11-13-18)15(19)14-8-6-5-7-9-14/h5-9H,4,10-13H2,1-3H3. The molecular weight excluding hydrogens is 236 g/mol. The van der Waals surface area contributed by atoms with E-state index >= 15 is 0 Å². The van der Waals surface area contributed by atoms with Crippen molar-refractivity contribution >= 4 is 5.91 Å². The number of amides is 1. The third-order valence-corrected chi connectivity index (χ3v) is 4.31. The highest BCUT2D eigenvalue weighted by Gasteiger charge is 2.29. The largest absolute Gasteiger partial charge is 0.336 e. The highest BCUT2D eigenvalue weighted by Crippen LogP contribution is 2.20. The molecule has 0 saturated carbocycles. The van der Waals surface area contributed by atoms with Gasteiger partial charge in [0.05, 0.1) is 0 Å². The molecule has 3 heteroatoms. The average molecular weight is 260 g/mol. The van der Waals surface area contributed by atoms with Crippen molar-refractivity contribution in [2.75, 3.05) is 26.2 Å². The second-order valence-corrected chi connectivity index (χ2v) is 5.81. The summed E-state index contributed by atoms with van der Waals surface area (Å²) in [6.45, 7) is 10.4. The maximum Gasteiger partial charge on any atom is 0.253 e. The van der Waals surface area contributed by atoms with Gasteiger partial charge in [-0.2, -0.15) is 0 Å². The molecule has 2 rings (SSSR count). The van der Waals surface area contributed by atoms with Crippen molar-refractivity contribution < 1.29 is 4.79 Å². The van der Waals surface area contributed by atoms with E-state index in [0.717, 1.165) is 38.2 Å². The van der Waals surface area contributed by atoms with Crippen LogP contribution >= 0.6 is 0 Å². The van der Waals surface area contributed by atoms with Crippen LogP contribution in [0.3, 0.4) is 0 Å². The monoisotopic (exact) mass is 260 g/mol. The SMILES string of the molecule is CCC(C)(C)N1CCN(C(=O)c2ccccc2)CC1. The van der Waals surface area contributed by atoms with E-state index < -0.39 is 0 Å². The lowest BCUT2D eigenvalue weighted by molar-refractivity contribution is 0.0390. The first-order chi connectivity index (χ1) is 9.04. The van der Waals surface area contributed by atoms with E-state index in [4.69, 9.17) is 0 Å². The van der Waals surface area contributed by atoms with Crippen molar-refractivity contribution in [3.8, 4) is 0 Å². The fourth-order valence-electron chi connectivity index (χ4n) is 2.50. The second-order valence-electron chi connectivity index (χ2n) is 5.81. The molecule has 1 fully saturated rings. The molecule has 0 aliphatic carbocycles. The molecule has 1 amide bonds. The van der Waals surface area contributed by atoms with Crippen molar-refractivity contribution in [3.05, 3.63) is 35.9 Å². The zero-order valence-electron chi connectivity index (χ0n) is 12.2. The molecule has 0 bridgehead atoms. The summed E-state index contributed by atoms with van der Waals surface area (Å²) in [7, 11) is 0. The molecule has 1 aromatic carbocycles. The Hall–Kier alpha value is -1.35. The molecule has 3 nitrogen and oxygen atoms in total. The number of carbonyl (C=O) groups is 1. The van der Waals surface area contributed by atoms with Crippen molar-refractivity contribution in [1.29, 1.82) is 0 Å². The predicted octanol–water partition coefficient (Wildman–Crippen LogP) is 2.63. The van der Waals surface area contributed by atoms with Crippen LogP contribution in [-0.4, -0.2) is 47.4 Å². The zero-order chi connectivity index (χ0) is 13.9. The van der Waals surface area contributed by atoms with Gasteiger partial charge in [-0.25, -0.2) is 0 Å². The summed E-state index contributed by atoms with van der Waals surface area (Å²) in [6.07, 6.45) is 1.14. The summed E-state index contributed by atoms with van der Waals surface area (Å²) in [5.74, 6) is 0.162. The van der Waals surface area contributed by atoms with E-state index in [2.05, 4.69) is 25.7 Å². The molecule has 19 heavy (non-hydrogen) atoms. The fraction of sp³-hybridized carbons (Fsp3) is 0.562. The molecule has 0 aromatic heterocycles. The van der Waals surface area contributed by atoms with Gasteiger partial charge in [0.2, 0.25) is 0 Å². The Morgan fingerprint density at radius 2 is 1.68 bits per heavy atom. The molecule has 1 aliphatic heterocycles. The summed E-state index contributed by atoms with van der Waals surface area (Å²) >= 11 is 0. The summed E-state index contributed by atoms with van der Waals surface area (Å²) in [4.78, 5) is 16.8. The number of piperazine rings is 1. The second kappa shape index (κ2) is 5.74. The number of carbonyl (C=O) groups excluding carboxylic acids is 1. The van der Waals surface area contributed by atoms with Gasteiger partial charge < -0.3 is 4.90 Å². The van der Waals surface area contributed by atoms with Crippen LogP contribution in [0.15, 0.2) is 30.3 Å². The Morgan fingerprint density at radius 1 is 1.11 bits per heavy atom. The van der Waals surface area contributed by atoms with Crippen LogP contribution in [0.1, 0.15) is 37.6 Å². The summed E-state index contributed by atoms with van der Waals surface area (Å²) < 4.78 is 0. The van der Waals surface area contributed by atoms with Crippen molar-refractivity contribution in [3.63, 3.8) is 0 Å². The Kier molecular flexibility index (Phi) is 4.25. The van der Waals surface area contributed by atoms with E-state index in [9.17, 15) is 4.79 Å². The molecule has 1 aliphatic rings. The molecule has 0 radical (unpaired) electrons. The normalized spacial score (nSPS) is 17.5. The maximum absolute atomic E-state index is 12.3. The third-order valence-electron chi connectivity index (χ3n) is 4.31. The number of benzene rings is 1. The Labute approximate surface area is 116 Å². The van der Waals surface area contributed by atoms with Gasteiger partial charge in [0.25, 0.3) is 5.91 Å². The van der Waals surface area contributed by atoms with Crippen LogP contribution in [-0.2, 0) is 0 Å². The van der Waals surface area contributed by atoms with Gasteiger partial charge in [0, 0.05) is 37.3 Å².